The van der Waals surface area contributed by atoms with Crippen LogP contribution >= 0.6 is 23.4 Å². The molecule has 1 saturated heterocycles. The lowest BCUT2D eigenvalue weighted by molar-refractivity contribution is 0.404. The van der Waals surface area contributed by atoms with E-state index in [9.17, 15) is 0 Å². The van der Waals surface area contributed by atoms with Gasteiger partial charge in [0.25, 0.3) is 0 Å². The second-order valence-corrected chi connectivity index (χ2v) is 6.42. The van der Waals surface area contributed by atoms with E-state index in [4.69, 9.17) is 22.1 Å². The highest BCUT2D eigenvalue weighted by molar-refractivity contribution is 7.99. The number of hydrogen-bond donors (Lipinski definition) is 1. The van der Waals surface area contributed by atoms with Crippen molar-refractivity contribution >= 4 is 23.4 Å². The van der Waals surface area contributed by atoms with Crippen molar-refractivity contribution in [3.05, 3.63) is 28.8 Å². The fourth-order valence-corrected chi connectivity index (χ4v) is 3.78. The number of ether oxygens (including phenoxy) is 1. The van der Waals surface area contributed by atoms with Gasteiger partial charge in [0.05, 0.1) is 12.1 Å². The summed E-state index contributed by atoms with van der Waals surface area (Å²) in [5.41, 5.74) is 7.41. The standard InChI is InChI=1S/C14H20ClNOS/c1-17-14-9-11(2-3-12(14)15)13(16)8-10-4-6-18-7-5-10/h2-3,9-10,13H,4-8,16H2,1H3. The Morgan fingerprint density at radius 2 is 2.17 bits per heavy atom. The topological polar surface area (TPSA) is 35.2 Å². The molecule has 0 amide bonds. The molecule has 1 aliphatic rings. The SMILES string of the molecule is COc1cc(C(N)CC2CCSCC2)ccc1Cl. The van der Waals surface area contributed by atoms with Gasteiger partial charge >= 0.3 is 0 Å². The molecule has 1 aromatic carbocycles. The van der Waals surface area contributed by atoms with Crippen molar-refractivity contribution in [1.29, 1.82) is 0 Å². The molecule has 2 nitrogen and oxygen atoms in total. The van der Waals surface area contributed by atoms with Crippen LogP contribution in [0.15, 0.2) is 18.2 Å². The Bertz CT molecular complexity index is 393. The molecule has 1 atom stereocenters. The Morgan fingerprint density at radius 3 is 2.83 bits per heavy atom. The van der Waals surface area contributed by atoms with E-state index in [1.165, 1.54) is 24.3 Å². The summed E-state index contributed by atoms with van der Waals surface area (Å²) >= 11 is 8.08. The Hall–Kier alpha value is -0.380. The molecule has 18 heavy (non-hydrogen) atoms. The molecule has 0 spiro atoms. The van der Waals surface area contributed by atoms with E-state index in [1.54, 1.807) is 7.11 Å². The third kappa shape index (κ3) is 3.56. The van der Waals surface area contributed by atoms with E-state index < -0.39 is 0 Å². The van der Waals surface area contributed by atoms with E-state index in [2.05, 4.69) is 11.8 Å². The van der Waals surface area contributed by atoms with Gasteiger partial charge in [-0.25, -0.2) is 0 Å². The molecule has 1 aliphatic heterocycles. The molecule has 100 valence electrons. The van der Waals surface area contributed by atoms with Gasteiger partial charge in [0.1, 0.15) is 5.75 Å². The van der Waals surface area contributed by atoms with Crippen molar-refractivity contribution in [3.63, 3.8) is 0 Å². The molecule has 4 heteroatoms. The summed E-state index contributed by atoms with van der Waals surface area (Å²) < 4.78 is 5.23. The van der Waals surface area contributed by atoms with Crippen LogP contribution in [-0.4, -0.2) is 18.6 Å². The number of methoxy groups -OCH3 is 1. The zero-order chi connectivity index (χ0) is 13.0. The quantitative estimate of drug-likeness (QED) is 0.912. The first kappa shape index (κ1) is 14.0. The van der Waals surface area contributed by atoms with Gasteiger partial charge in [-0.15, -0.1) is 0 Å². The Balaban J connectivity index is 2.01. The lowest BCUT2D eigenvalue weighted by atomic mass is 9.91. The third-order valence-electron chi connectivity index (χ3n) is 3.53. The summed E-state index contributed by atoms with van der Waals surface area (Å²) in [6.07, 6.45) is 3.65. The Kier molecular flexibility index (Phi) is 5.22. The van der Waals surface area contributed by atoms with E-state index >= 15 is 0 Å². The van der Waals surface area contributed by atoms with E-state index in [0.29, 0.717) is 10.8 Å². The van der Waals surface area contributed by atoms with Gasteiger partial charge in [0.15, 0.2) is 0 Å². The fourth-order valence-electron chi connectivity index (χ4n) is 2.38. The first-order valence-electron chi connectivity index (χ1n) is 6.37. The zero-order valence-electron chi connectivity index (χ0n) is 10.7. The van der Waals surface area contributed by atoms with Gasteiger partial charge in [-0.1, -0.05) is 17.7 Å². The average molecular weight is 286 g/mol. The minimum absolute atomic E-state index is 0.0873. The van der Waals surface area contributed by atoms with E-state index in [-0.39, 0.29) is 6.04 Å². The van der Waals surface area contributed by atoms with Crippen LogP contribution in [0.3, 0.4) is 0 Å². The lowest BCUT2D eigenvalue weighted by Crippen LogP contribution is -2.18. The highest BCUT2D eigenvalue weighted by atomic mass is 35.5. The molecule has 2 rings (SSSR count). The van der Waals surface area contributed by atoms with Gasteiger partial charge in [0.2, 0.25) is 0 Å². The lowest BCUT2D eigenvalue weighted by Gasteiger charge is -2.24. The molecule has 2 N–H and O–H groups in total. The normalized spacial score (nSPS) is 18.6. The number of halogens is 1. The van der Waals surface area contributed by atoms with Crippen LogP contribution in [0.2, 0.25) is 5.02 Å². The first-order chi connectivity index (χ1) is 8.70. The van der Waals surface area contributed by atoms with E-state index in [1.807, 2.05) is 18.2 Å². The maximum atomic E-state index is 6.29. The van der Waals surface area contributed by atoms with Gasteiger partial charge < -0.3 is 10.5 Å². The molecule has 0 bridgehead atoms. The molecule has 0 aromatic heterocycles. The first-order valence-corrected chi connectivity index (χ1v) is 7.90. The molecule has 1 fully saturated rings. The van der Waals surface area contributed by atoms with Gasteiger partial charge in [0, 0.05) is 6.04 Å². The number of hydrogen-bond acceptors (Lipinski definition) is 3. The largest absolute Gasteiger partial charge is 0.495 e. The van der Waals surface area contributed by atoms with E-state index in [0.717, 1.165) is 17.9 Å². The molecule has 1 unspecified atom stereocenters. The van der Waals surface area contributed by atoms with Crippen LogP contribution in [0.5, 0.6) is 5.75 Å². The second-order valence-electron chi connectivity index (χ2n) is 4.79. The maximum absolute atomic E-state index is 6.29. The summed E-state index contributed by atoms with van der Waals surface area (Å²) in [7, 11) is 1.63. The predicted molar refractivity (Wildman–Crippen MR) is 79.6 cm³/mol. The predicted octanol–water partition coefficient (Wildman–Crippen LogP) is 3.88. The molecular formula is C14H20ClNOS. The van der Waals surface area contributed by atoms with Gasteiger partial charge in [-0.05, 0) is 54.4 Å². The van der Waals surface area contributed by atoms with Crippen molar-refractivity contribution < 1.29 is 4.74 Å². The van der Waals surface area contributed by atoms with Gasteiger partial charge in [-0.2, -0.15) is 11.8 Å². The molecule has 0 radical (unpaired) electrons. The van der Waals surface area contributed by atoms with Gasteiger partial charge in [-0.3, -0.25) is 0 Å². The summed E-state index contributed by atoms with van der Waals surface area (Å²) in [6, 6.07) is 5.92. The minimum atomic E-state index is 0.0873. The zero-order valence-corrected chi connectivity index (χ0v) is 12.3. The van der Waals surface area contributed by atoms with Crippen LogP contribution in [0.25, 0.3) is 0 Å². The summed E-state index contributed by atoms with van der Waals surface area (Å²) in [6.45, 7) is 0. The van der Waals surface area contributed by atoms with Crippen molar-refractivity contribution in [2.24, 2.45) is 11.7 Å². The summed E-state index contributed by atoms with van der Waals surface area (Å²) in [5.74, 6) is 4.04. The number of rotatable bonds is 4. The number of benzene rings is 1. The Labute approximate surface area is 118 Å². The van der Waals surface area contributed by atoms with Crippen LogP contribution in [0.1, 0.15) is 30.9 Å². The second kappa shape index (κ2) is 6.69. The average Bonchev–Trinajstić information content (AvgIpc) is 2.40. The van der Waals surface area contributed by atoms with Crippen molar-refractivity contribution in [2.45, 2.75) is 25.3 Å². The molecule has 1 aromatic rings. The van der Waals surface area contributed by atoms with Crippen LogP contribution in [-0.2, 0) is 0 Å². The van der Waals surface area contributed by atoms with Crippen molar-refractivity contribution in [3.8, 4) is 5.75 Å². The summed E-state index contributed by atoms with van der Waals surface area (Å²) in [5, 5.41) is 0.641. The summed E-state index contributed by atoms with van der Waals surface area (Å²) in [4.78, 5) is 0. The highest BCUT2D eigenvalue weighted by Gasteiger charge is 2.18. The fraction of sp³-hybridized carbons (Fsp3) is 0.571. The number of nitrogens with two attached hydrogens (primary N) is 1. The molecule has 1 heterocycles. The van der Waals surface area contributed by atoms with Crippen LogP contribution < -0.4 is 10.5 Å². The highest BCUT2D eigenvalue weighted by Crippen LogP contribution is 2.32. The monoisotopic (exact) mass is 285 g/mol. The van der Waals surface area contributed by atoms with Crippen molar-refractivity contribution in [2.75, 3.05) is 18.6 Å². The molecule has 0 saturated carbocycles. The molecular weight excluding hydrogens is 266 g/mol. The smallest absolute Gasteiger partial charge is 0.137 e. The van der Waals surface area contributed by atoms with Crippen molar-refractivity contribution in [1.82, 2.24) is 0 Å². The Morgan fingerprint density at radius 1 is 1.44 bits per heavy atom. The third-order valence-corrected chi connectivity index (χ3v) is 4.89. The minimum Gasteiger partial charge on any atom is -0.495 e. The number of thioether (sulfide) groups is 1. The van der Waals surface area contributed by atoms with Crippen LogP contribution in [0, 0.1) is 5.92 Å². The maximum Gasteiger partial charge on any atom is 0.137 e. The van der Waals surface area contributed by atoms with Crippen LogP contribution in [0.4, 0.5) is 0 Å². The molecule has 0 aliphatic carbocycles.